The summed E-state index contributed by atoms with van der Waals surface area (Å²) in [6.45, 7) is 5.81. The van der Waals surface area contributed by atoms with E-state index in [-0.39, 0.29) is 58.3 Å². The number of fused-ring (bicyclic) bond motifs is 2. The summed E-state index contributed by atoms with van der Waals surface area (Å²) in [6, 6.07) is 42.9. The molecule has 13 heteroatoms. The molecule has 5 aromatic rings. The Morgan fingerprint density at radius 2 is 1.34 bits per heavy atom. The van der Waals surface area contributed by atoms with Crippen molar-refractivity contribution in [3.8, 4) is 0 Å². The van der Waals surface area contributed by atoms with Gasteiger partial charge in [-0.1, -0.05) is 133 Å². The molecule has 65 heavy (non-hydrogen) atoms. The van der Waals surface area contributed by atoms with E-state index in [0.717, 1.165) is 33.0 Å². The van der Waals surface area contributed by atoms with Crippen LogP contribution in [0.5, 0.6) is 0 Å². The van der Waals surface area contributed by atoms with Crippen molar-refractivity contribution in [2.75, 3.05) is 19.8 Å². The number of aliphatic hydroxyl groups excluding tert-OH is 1. The molecule has 13 nitrogen and oxygen atoms in total. The molecule has 3 fully saturated rings. The van der Waals surface area contributed by atoms with Gasteiger partial charge >= 0.3 is 5.97 Å². The van der Waals surface area contributed by atoms with Gasteiger partial charge < -0.3 is 57.3 Å². The van der Waals surface area contributed by atoms with Crippen molar-refractivity contribution in [3.05, 3.63) is 168 Å². The van der Waals surface area contributed by atoms with Crippen molar-refractivity contribution in [3.63, 3.8) is 0 Å². The number of carbonyl (C=O) groups excluding carboxylic acids is 2. The van der Waals surface area contributed by atoms with E-state index in [9.17, 15) is 14.7 Å². The number of carbonyl (C=O) groups is 2. The van der Waals surface area contributed by atoms with Gasteiger partial charge in [0.2, 0.25) is 0 Å². The third-order valence-electron chi connectivity index (χ3n) is 11.5. The fourth-order valence-electron chi connectivity index (χ4n) is 8.23. The van der Waals surface area contributed by atoms with Gasteiger partial charge in [0.15, 0.2) is 25.0 Å². The Morgan fingerprint density at radius 3 is 2.06 bits per heavy atom. The highest BCUT2D eigenvalue weighted by atomic mass is 16.8. The number of Topliss-reactive ketones (excluding diaryl/α,β-unsaturated/α-hetero) is 1. The quantitative estimate of drug-likeness (QED) is 0.0616. The monoisotopic (exact) mass is 888 g/mol. The van der Waals surface area contributed by atoms with Crippen LogP contribution >= 0.6 is 0 Å². The Labute approximate surface area is 379 Å². The van der Waals surface area contributed by atoms with Gasteiger partial charge in [-0.25, -0.2) is 0 Å². The highest BCUT2D eigenvalue weighted by molar-refractivity contribution is 5.83. The van der Waals surface area contributed by atoms with Crippen LogP contribution in [0.1, 0.15) is 48.3 Å². The number of rotatable bonds is 20. The van der Waals surface area contributed by atoms with Crippen LogP contribution in [0.4, 0.5) is 0 Å². The van der Waals surface area contributed by atoms with Crippen LogP contribution in [0.2, 0.25) is 0 Å². The van der Waals surface area contributed by atoms with Crippen LogP contribution in [0.15, 0.2) is 146 Å². The Morgan fingerprint density at radius 1 is 0.677 bits per heavy atom. The molecule has 0 saturated carbocycles. The highest BCUT2D eigenvalue weighted by Crippen LogP contribution is 2.39. The van der Waals surface area contributed by atoms with Crippen molar-refractivity contribution in [2.24, 2.45) is 0 Å². The van der Waals surface area contributed by atoms with Crippen molar-refractivity contribution in [1.29, 1.82) is 0 Å². The van der Waals surface area contributed by atoms with Crippen LogP contribution in [-0.2, 0) is 76.8 Å². The molecule has 342 valence electrons. The fraction of sp³-hybridized carbons (Fsp3) is 0.385. The van der Waals surface area contributed by atoms with Crippen molar-refractivity contribution in [1.82, 2.24) is 0 Å². The first kappa shape index (κ1) is 46.4. The lowest BCUT2D eigenvalue weighted by Gasteiger charge is -2.50. The number of ether oxygens (including phenoxy) is 10. The smallest absolute Gasteiger partial charge is 0.306 e. The summed E-state index contributed by atoms with van der Waals surface area (Å²) in [5.41, 5.74) is 3.47. The van der Waals surface area contributed by atoms with Gasteiger partial charge in [-0.3, -0.25) is 4.79 Å². The Balaban J connectivity index is 1.12. The molecular formula is C52H56O13. The molecule has 11 atom stereocenters. The summed E-state index contributed by atoms with van der Waals surface area (Å²) in [7, 11) is 0. The van der Waals surface area contributed by atoms with E-state index in [0.29, 0.717) is 0 Å². The van der Waals surface area contributed by atoms with Crippen LogP contribution in [0, 0.1) is 0 Å². The van der Waals surface area contributed by atoms with Gasteiger partial charge in [-0.2, -0.15) is 0 Å². The number of esters is 1. The van der Waals surface area contributed by atoms with Crippen LogP contribution < -0.4 is 0 Å². The van der Waals surface area contributed by atoms with E-state index in [1.165, 1.54) is 6.92 Å². The molecule has 5 aromatic carbocycles. The maximum atomic E-state index is 13.5. The largest absolute Gasteiger partial charge is 0.454 e. The first-order valence-electron chi connectivity index (χ1n) is 22.1. The zero-order valence-corrected chi connectivity index (χ0v) is 36.3. The minimum Gasteiger partial charge on any atom is -0.454 e. The molecule has 0 spiro atoms. The third kappa shape index (κ3) is 12.2. The molecule has 3 heterocycles. The van der Waals surface area contributed by atoms with Crippen LogP contribution in [0.25, 0.3) is 10.8 Å². The number of hydrogen-bond donors (Lipinski definition) is 1. The van der Waals surface area contributed by atoms with Gasteiger partial charge in [0.1, 0.15) is 48.5 Å². The molecule has 0 amide bonds. The molecule has 1 unspecified atom stereocenters. The van der Waals surface area contributed by atoms with Crippen molar-refractivity contribution < 1.29 is 62.1 Å². The topological polar surface area (TPSA) is 147 Å². The van der Waals surface area contributed by atoms with Crippen LogP contribution in [0.3, 0.4) is 0 Å². The van der Waals surface area contributed by atoms with E-state index in [1.54, 1.807) is 6.08 Å². The maximum Gasteiger partial charge on any atom is 0.306 e. The number of benzene rings is 5. The van der Waals surface area contributed by atoms with Crippen molar-refractivity contribution in [2.45, 2.75) is 107 Å². The summed E-state index contributed by atoms with van der Waals surface area (Å²) in [6.07, 6.45) is -10.1. The summed E-state index contributed by atoms with van der Waals surface area (Å²) in [4.78, 5) is 25.4. The second kappa shape index (κ2) is 22.8. The van der Waals surface area contributed by atoms with E-state index >= 15 is 0 Å². The molecule has 1 N–H and O–H groups in total. The Kier molecular flexibility index (Phi) is 16.3. The summed E-state index contributed by atoms with van der Waals surface area (Å²) in [5, 5.41) is 14.6. The molecule has 0 aromatic heterocycles. The van der Waals surface area contributed by atoms with Crippen LogP contribution in [-0.4, -0.2) is 98.1 Å². The molecule has 8 rings (SSSR count). The number of aliphatic hydroxyl groups is 1. The molecule has 0 radical (unpaired) electrons. The van der Waals surface area contributed by atoms with Gasteiger partial charge in [-0.15, -0.1) is 6.58 Å². The van der Waals surface area contributed by atoms with E-state index in [4.69, 9.17) is 47.4 Å². The average Bonchev–Trinajstić information content (AvgIpc) is 3.34. The zero-order chi connectivity index (χ0) is 45.0. The summed E-state index contributed by atoms with van der Waals surface area (Å²) >= 11 is 0. The minimum atomic E-state index is -1.42. The molecule has 0 bridgehead atoms. The van der Waals surface area contributed by atoms with Gasteiger partial charge in [0.05, 0.1) is 46.1 Å². The fourth-order valence-corrected chi connectivity index (χ4v) is 8.23. The lowest BCUT2D eigenvalue weighted by atomic mass is 9.95. The lowest BCUT2D eigenvalue weighted by molar-refractivity contribution is -0.391. The highest BCUT2D eigenvalue weighted by Gasteiger charge is 2.55. The van der Waals surface area contributed by atoms with Crippen molar-refractivity contribution >= 4 is 22.5 Å². The van der Waals surface area contributed by atoms with E-state index in [2.05, 4.69) is 12.6 Å². The van der Waals surface area contributed by atoms with Gasteiger partial charge in [0.25, 0.3) is 0 Å². The number of hydrogen-bond acceptors (Lipinski definition) is 13. The molecule has 0 aliphatic carbocycles. The Bertz CT molecular complexity index is 2280. The Hall–Kier alpha value is -5.16. The first-order valence-corrected chi connectivity index (χ1v) is 22.1. The first-order chi connectivity index (χ1) is 31.8. The molecule has 3 aliphatic heterocycles. The second-order valence-corrected chi connectivity index (χ2v) is 16.4. The molecule has 3 saturated heterocycles. The normalized spacial score (nSPS) is 27.7. The minimum absolute atomic E-state index is 0.0173. The summed E-state index contributed by atoms with van der Waals surface area (Å²) in [5.74, 6) is -0.824. The summed E-state index contributed by atoms with van der Waals surface area (Å²) < 4.78 is 64.8. The van der Waals surface area contributed by atoms with Gasteiger partial charge in [-0.05, 0) is 40.5 Å². The predicted octanol–water partition coefficient (Wildman–Crippen LogP) is 7.32. The SMILES string of the molecule is C=CCO[C@H]1O[C@H](COCc2ccccc2)[C@@H](O[C@@H]2O[C@@H]3COC(c4ccccc4)O[C@H]3[C@H](OCc3ccc4ccccc4c3)[C@@H]2O)[C@H](OCc2ccccc2)[C@@H]1OC(=O)CCC(C)=O. The average molecular weight is 889 g/mol. The van der Waals surface area contributed by atoms with Gasteiger partial charge in [0, 0.05) is 12.0 Å². The zero-order valence-electron chi connectivity index (χ0n) is 36.3. The second-order valence-electron chi connectivity index (χ2n) is 16.4. The molecular weight excluding hydrogens is 833 g/mol. The molecule has 3 aliphatic rings. The lowest BCUT2D eigenvalue weighted by Crippen LogP contribution is -2.67. The van der Waals surface area contributed by atoms with E-state index in [1.807, 2.05) is 127 Å². The van der Waals surface area contributed by atoms with E-state index < -0.39 is 73.7 Å². The number of ketones is 1. The maximum absolute atomic E-state index is 13.5. The third-order valence-corrected chi connectivity index (χ3v) is 11.5. The standard InChI is InChI=1S/C52H56O13/c1-3-27-57-52-49(63-43(54)26-23-34(2)53)48(59-30-36-17-9-5-10-18-36)46(41(62-52)32-56-29-35-15-7-4-8-16-35)65-51-44(55)47(58-31-37-24-25-38-19-13-14-22-40(38)28-37)45-42(61-51)33-60-50(64-45)39-20-11-6-12-21-39/h3-22,24-25,28,41-42,44-52,55H,1,23,26-27,29-33H2,2H3/t41-,42-,44+,45-,46-,47-,48+,49+,50?,51+,52+/m1/s1. The predicted molar refractivity (Wildman–Crippen MR) is 238 cm³/mol.